The van der Waals surface area contributed by atoms with Crippen LogP contribution in [0.3, 0.4) is 0 Å². The predicted octanol–water partition coefficient (Wildman–Crippen LogP) is 3.06. The van der Waals surface area contributed by atoms with E-state index in [4.69, 9.17) is 0 Å². The molecule has 0 heterocycles. The fourth-order valence-corrected chi connectivity index (χ4v) is 3.08. The lowest BCUT2D eigenvalue weighted by Crippen LogP contribution is -2.31. The maximum absolute atomic E-state index is 3.45. The highest BCUT2D eigenvalue weighted by atomic mass is 32.2. The normalized spacial score (nSPS) is 20.0. The van der Waals surface area contributed by atoms with Gasteiger partial charge in [-0.2, -0.15) is 11.8 Å². The van der Waals surface area contributed by atoms with Crippen LogP contribution in [0.4, 0.5) is 0 Å². The Morgan fingerprint density at radius 2 is 2.25 bits per heavy atom. The molecule has 0 saturated heterocycles. The molecule has 1 aromatic carbocycles. The minimum Gasteiger partial charge on any atom is -0.317 e. The molecule has 2 heteroatoms. The van der Waals surface area contributed by atoms with E-state index in [1.54, 1.807) is 11.1 Å². The summed E-state index contributed by atoms with van der Waals surface area (Å²) in [5, 5.41) is 3.45. The minimum atomic E-state index is 0.686. The van der Waals surface area contributed by atoms with Crippen LogP contribution in [0.1, 0.15) is 29.9 Å². The Morgan fingerprint density at radius 3 is 2.94 bits per heavy atom. The third-order valence-corrected chi connectivity index (χ3v) is 4.25. The monoisotopic (exact) mass is 235 g/mol. The SMILES string of the molecule is CNC(CCSC)CC1Cc2ccccc21. The van der Waals surface area contributed by atoms with Crippen LogP contribution in [-0.4, -0.2) is 25.1 Å². The zero-order valence-corrected chi connectivity index (χ0v) is 11.0. The number of nitrogens with one attached hydrogen (secondary N) is 1. The molecular weight excluding hydrogens is 214 g/mol. The molecule has 0 radical (unpaired) electrons. The van der Waals surface area contributed by atoms with Crippen LogP contribution < -0.4 is 5.32 Å². The van der Waals surface area contributed by atoms with Crippen LogP contribution in [-0.2, 0) is 6.42 Å². The van der Waals surface area contributed by atoms with Crippen LogP contribution in [0, 0.1) is 0 Å². The highest BCUT2D eigenvalue weighted by Crippen LogP contribution is 2.38. The largest absolute Gasteiger partial charge is 0.317 e. The standard InChI is InChI=1S/C14H21NS/c1-15-13(7-8-16-2)10-12-9-11-5-3-4-6-14(11)12/h3-6,12-13,15H,7-10H2,1-2H3. The zero-order valence-electron chi connectivity index (χ0n) is 10.2. The number of fused-ring (bicyclic) bond motifs is 1. The molecule has 2 atom stereocenters. The number of hydrogen-bond donors (Lipinski definition) is 1. The summed E-state index contributed by atoms with van der Waals surface area (Å²) in [6.07, 6.45) is 6.06. The van der Waals surface area contributed by atoms with Gasteiger partial charge in [0.15, 0.2) is 0 Å². The van der Waals surface area contributed by atoms with E-state index in [2.05, 4.69) is 42.9 Å². The van der Waals surface area contributed by atoms with Gasteiger partial charge in [0.1, 0.15) is 0 Å². The second-order valence-corrected chi connectivity index (χ2v) is 5.59. The van der Waals surface area contributed by atoms with Crippen LogP contribution >= 0.6 is 11.8 Å². The lowest BCUT2D eigenvalue weighted by molar-refractivity contribution is 0.433. The van der Waals surface area contributed by atoms with E-state index in [1.807, 2.05) is 11.8 Å². The molecule has 2 unspecified atom stereocenters. The molecule has 0 saturated carbocycles. The Labute approximate surface area is 103 Å². The van der Waals surface area contributed by atoms with E-state index >= 15 is 0 Å². The second kappa shape index (κ2) is 5.74. The predicted molar refractivity (Wildman–Crippen MR) is 73.4 cm³/mol. The highest BCUT2D eigenvalue weighted by molar-refractivity contribution is 7.98. The molecule has 1 nitrogen and oxygen atoms in total. The number of rotatable bonds is 6. The van der Waals surface area contributed by atoms with Gasteiger partial charge in [-0.3, -0.25) is 0 Å². The van der Waals surface area contributed by atoms with Crippen molar-refractivity contribution in [2.45, 2.75) is 31.2 Å². The van der Waals surface area contributed by atoms with Crippen LogP contribution in [0.15, 0.2) is 24.3 Å². The first-order valence-electron chi connectivity index (χ1n) is 6.09. The Bertz CT molecular complexity index is 337. The summed E-state index contributed by atoms with van der Waals surface area (Å²) in [6, 6.07) is 9.57. The van der Waals surface area contributed by atoms with Crippen molar-refractivity contribution in [1.82, 2.24) is 5.32 Å². The Hall–Kier alpha value is -0.470. The van der Waals surface area contributed by atoms with Crippen molar-refractivity contribution in [3.63, 3.8) is 0 Å². The summed E-state index contributed by atoms with van der Waals surface area (Å²) in [7, 11) is 2.09. The molecule has 1 N–H and O–H groups in total. The van der Waals surface area contributed by atoms with E-state index in [0.29, 0.717) is 6.04 Å². The maximum Gasteiger partial charge on any atom is 0.00778 e. The van der Waals surface area contributed by atoms with Gasteiger partial charge >= 0.3 is 0 Å². The van der Waals surface area contributed by atoms with Gasteiger partial charge in [0.25, 0.3) is 0 Å². The Morgan fingerprint density at radius 1 is 1.44 bits per heavy atom. The molecule has 0 spiro atoms. The van der Waals surface area contributed by atoms with Crippen molar-refractivity contribution >= 4 is 11.8 Å². The van der Waals surface area contributed by atoms with Gasteiger partial charge in [0.05, 0.1) is 0 Å². The molecule has 0 amide bonds. The molecule has 0 fully saturated rings. The van der Waals surface area contributed by atoms with Crippen molar-refractivity contribution in [2.75, 3.05) is 19.1 Å². The number of benzene rings is 1. The lowest BCUT2D eigenvalue weighted by atomic mass is 9.74. The first-order chi connectivity index (χ1) is 7.85. The van der Waals surface area contributed by atoms with Gasteiger partial charge in [-0.25, -0.2) is 0 Å². The second-order valence-electron chi connectivity index (χ2n) is 4.60. The van der Waals surface area contributed by atoms with Crippen molar-refractivity contribution in [1.29, 1.82) is 0 Å². The average molecular weight is 235 g/mol. The zero-order chi connectivity index (χ0) is 11.4. The van der Waals surface area contributed by atoms with E-state index < -0.39 is 0 Å². The molecule has 0 aromatic heterocycles. The summed E-state index contributed by atoms with van der Waals surface area (Å²) in [5.41, 5.74) is 3.15. The molecule has 16 heavy (non-hydrogen) atoms. The summed E-state index contributed by atoms with van der Waals surface area (Å²) in [6.45, 7) is 0. The van der Waals surface area contributed by atoms with Crippen LogP contribution in [0.25, 0.3) is 0 Å². The Kier molecular flexibility index (Phi) is 4.30. The minimum absolute atomic E-state index is 0.686. The molecule has 1 aliphatic rings. The lowest BCUT2D eigenvalue weighted by Gasteiger charge is -2.33. The number of hydrogen-bond acceptors (Lipinski definition) is 2. The van der Waals surface area contributed by atoms with E-state index in [0.717, 1.165) is 5.92 Å². The van der Waals surface area contributed by atoms with Crippen LogP contribution in [0.2, 0.25) is 0 Å². The topological polar surface area (TPSA) is 12.0 Å². The Balaban J connectivity index is 1.87. The van der Waals surface area contributed by atoms with Crippen LogP contribution in [0.5, 0.6) is 0 Å². The molecule has 0 aliphatic heterocycles. The van der Waals surface area contributed by atoms with Gasteiger partial charge < -0.3 is 5.32 Å². The fraction of sp³-hybridized carbons (Fsp3) is 0.571. The molecule has 2 rings (SSSR count). The molecule has 88 valence electrons. The van der Waals surface area contributed by atoms with Crippen molar-refractivity contribution in [3.8, 4) is 0 Å². The van der Waals surface area contributed by atoms with Gasteiger partial charge in [-0.1, -0.05) is 24.3 Å². The van der Waals surface area contributed by atoms with Gasteiger partial charge in [0, 0.05) is 6.04 Å². The first-order valence-corrected chi connectivity index (χ1v) is 7.48. The highest BCUT2D eigenvalue weighted by Gasteiger charge is 2.27. The third-order valence-electron chi connectivity index (χ3n) is 3.61. The van der Waals surface area contributed by atoms with Crippen molar-refractivity contribution in [3.05, 3.63) is 35.4 Å². The van der Waals surface area contributed by atoms with Crippen molar-refractivity contribution in [2.24, 2.45) is 0 Å². The summed E-state index contributed by atoms with van der Waals surface area (Å²) in [5.74, 6) is 2.07. The molecule has 0 bridgehead atoms. The first kappa shape index (κ1) is 12.0. The van der Waals surface area contributed by atoms with Crippen molar-refractivity contribution < 1.29 is 0 Å². The fourth-order valence-electron chi connectivity index (χ4n) is 2.56. The summed E-state index contributed by atoms with van der Waals surface area (Å²) in [4.78, 5) is 0. The summed E-state index contributed by atoms with van der Waals surface area (Å²) < 4.78 is 0. The maximum atomic E-state index is 3.45. The average Bonchev–Trinajstić information content (AvgIpc) is 2.30. The van der Waals surface area contributed by atoms with E-state index in [1.165, 1.54) is 25.0 Å². The summed E-state index contributed by atoms with van der Waals surface area (Å²) >= 11 is 1.94. The van der Waals surface area contributed by atoms with Gasteiger partial charge in [0.2, 0.25) is 0 Å². The molecular formula is C14H21NS. The number of thioether (sulfide) groups is 1. The quantitative estimate of drug-likeness (QED) is 0.813. The van der Waals surface area contributed by atoms with Gasteiger partial charge in [-0.05, 0) is 55.4 Å². The molecule has 1 aromatic rings. The molecule has 1 aliphatic carbocycles. The smallest absolute Gasteiger partial charge is 0.00778 e. The van der Waals surface area contributed by atoms with Gasteiger partial charge in [-0.15, -0.1) is 0 Å². The van der Waals surface area contributed by atoms with E-state index in [-0.39, 0.29) is 0 Å². The van der Waals surface area contributed by atoms with E-state index in [9.17, 15) is 0 Å². The third kappa shape index (κ3) is 2.61.